The van der Waals surface area contributed by atoms with Gasteiger partial charge in [0.25, 0.3) is 0 Å². The first-order valence-electron chi connectivity index (χ1n) is 22.3. The molecule has 4 aliphatic rings. The Balaban J connectivity index is 0.984. The molecule has 330 valence electrons. The van der Waals surface area contributed by atoms with Gasteiger partial charge in [-0.1, -0.05) is 81.6 Å². The molecule has 2 saturated heterocycles. The van der Waals surface area contributed by atoms with Crippen LogP contribution in [0.4, 0.5) is 9.59 Å². The number of rotatable bonds is 9. The van der Waals surface area contributed by atoms with Crippen LogP contribution in [-0.4, -0.2) is 99.7 Å². The van der Waals surface area contributed by atoms with Gasteiger partial charge >= 0.3 is 12.2 Å². The zero-order valence-corrected chi connectivity index (χ0v) is 36.3. The van der Waals surface area contributed by atoms with Gasteiger partial charge in [0, 0.05) is 25.3 Å². The summed E-state index contributed by atoms with van der Waals surface area (Å²) >= 11 is 0. The van der Waals surface area contributed by atoms with Crippen LogP contribution in [0.2, 0.25) is 0 Å². The van der Waals surface area contributed by atoms with Gasteiger partial charge < -0.3 is 44.6 Å². The summed E-state index contributed by atoms with van der Waals surface area (Å²) in [5.74, 6) is 2.19. The zero-order chi connectivity index (χ0) is 43.3. The molecule has 5 atom stereocenters. The summed E-state index contributed by atoms with van der Waals surface area (Å²) in [6.45, 7) is 6.11. The number of ether oxygens (including phenoxy) is 3. The van der Waals surface area contributed by atoms with Crippen LogP contribution in [0, 0.1) is 17.8 Å². The van der Waals surface area contributed by atoms with E-state index in [-0.39, 0.29) is 29.8 Å². The SMILES string of the molecule is COC(=O)N[C@H]1CCCCCCOCc2[nH]c(nc2-c2ccc(-c3ccc(-c4cnc([C@@H]5C[C@H](C6CC6)CN5C(=O)[C@@H](NC(=O)OC)C(C)C)[nH]4)cc3)cc2)[C@@H]2CCCN2C1=O. The van der Waals surface area contributed by atoms with Gasteiger partial charge in [-0.15, -0.1) is 0 Å². The van der Waals surface area contributed by atoms with Crippen LogP contribution < -0.4 is 10.6 Å². The van der Waals surface area contributed by atoms with E-state index in [2.05, 4.69) is 69.1 Å². The molecule has 4 aromatic rings. The number of hydrogen-bond acceptors (Lipinski definition) is 9. The molecule has 15 nitrogen and oxygen atoms in total. The third-order valence-electron chi connectivity index (χ3n) is 13.1. The van der Waals surface area contributed by atoms with Gasteiger partial charge in [0.2, 0.25) is 11.8 Å². The number of likely N-dealkylation sites (tertiary alicyclic amines) is 1. The number of alkyl carbamates (subject to hydrolysis) is 2. The number of aromatic amines is 2. The van der Waals surface area contributed by atoms with Crippen LogP contribution in [0.15, 0.2) is 54.7 Å². The predicted molar refractivity (Wildman–Crippen MR) is 232 cm³/mol. The number of benzene rings is 2. The average Bonchev–Trinajstić information content (AvgIpc) is 3.67. The maximum atomic E-state index is 14.0. The molecule has 62 heavy (non-hydrogen) atoms. The van der Waals surface area contributed by atoms with Gasteiger partial charge in [-0.3, -0.25) is 9.59 Å². The van der Waals surface area contributed by atoms with E-state index in [4.69, 9.17) is 24.2 Å². The van der Waals surface area contributed by atoms with Crippen molar-refractivity contribution in [2.45, 2.75) is 109 Å². The summed E-state index contributed by atoms with van der Waals surface area (Å²) in [5, 5.41) is 5.55. The lowest BCUT2D eigenvalue weighted by Crippen LogP contribution is -2.51. The van der Waals surface area contributed by atoms with Crippen molar-refractivity contribution in [2.75, 3.05) is 33.9 Å². The van der Waals surface area contributed by atoms with E-state index in [9.17, 15) is 19.2 Å². The normalized spacial score (nSPS) is 22.7. The Morgan fingerprint density at radius 1 is 0.790 bits per heavy atom. The van der Waals surface area contributed by atoms with Crippen molar-refractivity contribution >= 4 is 24.0 Å². The first-order valence-corrected chi connectivity index (χ1v) is 22.3. The van der Waals surface area contributed by atoms with Crippen LogP contribution in [0.5, 0.6) is 0 Å². The number of carbonyl (C=O) groups is 4. The molecule has 4 N–H and O–H groups in total. The van der Waals surface area contributed by atoms with E-state index >= 15 is 0 Å². The number of nitrogens with one attached hydrogen (secondary N) is 4. The third-order valence-corrected chi connectivity index (χ3v) is 13.1. The summed E-state index contributed by atoms with van der Waals surface area (Å²) in [6, 6.07) is 14.9. The summed E-state index contributed by atoms with van der Waals surface area (Å²) in [4.78, 5) is 73.0. The fourth-order valence-electron chi connectivity index (χ4n) is 9.46. The highest BCUT2D eigenvalue weighted by atomic mass is 16.5. The minimum absolute atomic E-state index is 0.104. The molecule has 1 saturated carbocycles. The van der Waals surface area contributed by atoms with Crippen LogP contribution in [0.1, 0.15) is 107 Å². The van der Waals surface area contributed by atoms with Gasteiger partial charge in [-0.2, -0.15) is 0 Å². The number of amides is 4. The Bertz CT molecular complexity index is 2200. The first-order chi connectivity index (χ1) is 30.1. The predicted octanol–water partition coefficient (Wildman–Crippen LogP) is 7.68. The number of methoxy groups -OCH3 is 2. The van der Waals surface area contributed by atoms with Crippen molar-refractivity contribution in [3.8, 4) is 33.6 Å². The van der Waals surface area contributed by atoms with Gasteiger partial charge in [0.1, 0.15) is 23.7 Å². The first kappa shape index (κ1) is 43.0. The molecule has 8 rings (SSSR count). The Hall–Kier alpha value is -5.70. The lowest BCUT2D eigenvalue weighted by molar-refractivity contribution is -0.136. The molecule has 4 amide bonds. The largest absolute Gasteiger partial charge is 0.453 e. The minimum atomic E-state index is -0.692. The van der Waals surface area contributed by atoms with Gasteiger partial charge in [0.15, 0.2) is 0 Å². The van der Waals surface area contributed by atoms with Crippen LogP contribution in [0.25, 0.3) is 33.6 Å². The van der Waals surface area contributed by atoms with Crippen LogP contribution in [0.3, 0.4) is 0 Å². The fourth-order valence-corrected chi connectivity index (χ4v) is 9.46. The van der Waals surface area contributed by atoms with E-state index in [0.717, 1.165) is 95.9 Å². The van der Waals surface area contributed by atoms with Crippen LogP contribution in [-0.2, 0) is 30.4 Å². The van der Waals surface area contributed by atoms with Gasteiger partial charge in [0.05, 0.1) is 56.2 Å². The second kappa shape index (κ2) is 19.1. The molecular weight excluding hydrogens is 789 g/mol. The van der Waals surface area contributed by atoms with Crippen molar-refractivity contribution < 1.29 is 33.4 Å². The third kappa shape index (κ3) is 9.52. The highest BCUT2D eigenvalue weighted by molar-refractivity contribution is 5.87. The quantitative estimate of drug-likeness (QED) is 0.131. The Kier molecular flexibility index (Phi) is 13.3. The topological polar surface area (TPSA) is 184 Å². The number of nitrogens with zero attached hydrogens (tertiary/aromatic N) is 4. The molecular formula is C47H60N8O7. The summed E-state index contributed by atoms with van der Waals surface area (Å²) in [7, 11) is 2.62. The van der Waals surface area contributed by atoms with Crippen molar-refractivity contribution in [1.29, 1.82) is 0 Å². The molecule has 15 heteroatoms. The molecule has 3 fully saturated rings. The molecule has 5 heterocycles. The van der Waals surface area contributed by atoms with E-state index in [1.165, 1.54) is 27.1 Å². The van der Waals surface area contributed by atoms with E-state index in [1.54, 1.807) is 0 Å². The van der Waals surface area contributed by atoms with E-state index in [0.29, 0.717) is 44.6 Å². The summed E-state index contributed by atoms with van der Waals surface area (Å²) in [5.41, 5.74) is 6.59. The second-order valence-corrected chi connectivity index (χ2v) is 17.6. The molecule has 3 aliphatic heterocycles. The van der Waals surface area contributed by atoms with E-state index in [1.807, 2.05) is 29.8 Å². The lowest BCUT2D eigenvalue weighted by Gasteiger charge is -2.30. The number of fused-ring (bicyclic) bond motifs is 4. The highest BCUT2D eigenvalue weighted by Crippen LogP contribution is 2.47. The molecule has 0 radical (unpaired) electrons. The Morgan fingerprint density at radius 2 is 1.48 bits per heavy atom. The molecule has 2 aromatic carbocycles. The monoisotopic (exact) mass is 848 g/mol. The second-order valence-electron chi connectivity index (χ2n) is 17.6. The summed E-state index contributed by atoms with van der Waals surface area (Å²) < 4.78 is 15.9. The molecule has 0 spiro atoms. The van der Waals surface area contributed by atoms with Crippen molar-refractivity contribution in [3.05, 3.63) is 72.1 Å². The molecule has 0 unspecified atom stereocenters. The van der Waals surface area contributed by atoms with Gasteiger partial charge in [-0.05, 0) is 79.4 Å². The maximum absolute atomic E-state index is 14.0. The number of hydrogen-bond donors (Lipinski definition) is 4. The Labute approximate surface area is 363 Å². The average molecular weight is 849 g/mol. The molecule has 2 aromatic heterocycles. The van der Waals surface area contributed by atoms with Crippen LogP contribution >= 0.6 is 0 Å². The fraction of sp³-hybridized carbons (Fsp3) is 0.532. The van der Waals surface area contributed by atoms with Crippen molar-refractivity contribution in [3.63, 3.8) is 0 Å². The minimum Gasteiger partial charge on any atom is -0.453 e. The van der Waals surface area contributed by atoms with Gasteiger partial charge in [-0.25, -0.2) is 19.6 Å². The maximum Gasteiger partial charge on any atom is 0.407 e. The zero-order valence-electron chi connectivity index (χ0n) is 36.3. The standard InChI is InChI=1S/C47H60N8O7/c1-28(2)40(53-47(59)61-4)45(57)55-26-34(31-12-13-31)24-39(55)42-48-25-36(49-42)32-18-14-29(15-19-32)30-16-20-33(21-17-30)41-37-27-62-23-8-6-5-7-10-35(51-46(58)60-3)44(56)54-22-9-11-38(54)43(50-37)52-41/h14-21,25,28,31,34-35,38-40H,5-13,22-24,26-27H2,1-4H3,(H,48,49)(H,50,52)(H,51,58)(H,53,59)/t34-,35-,38-,39-,40-/m0/s1. The number of aromatic nitrogens is 4. The Morgan fingerprint density at radius 3 is 2.18 bits per heavy atom. The molecule has 1 aliphatic carbocycles. The van der Waals surface area contributed by atoms with E-state index < -0.39 is 24.3 Å². The van der Waals surface area contributed by atoms with Crippen molar-refractivity contribution in [2.24, 2.45) is 17.8 Å². The number of imidazole rings is 2. The molecule has 2 bridgehead atoms. The lowest BCUT2D eigenvalue weighted by atomic mass is 10.00. The summed E-state index contributed by atoms with van der Waals surface area (Å²) in [6.07, 6.45) is 9.65. The smallest absolute Gasteiger partial charge is 0.407 e. The number of carbonyl (C=O) groups excluding carboxylic acids is 4. The highest BCUT2D eigenvalue weighted by Gasteiger charge is 2.46. The number of H-pyrrole nitrogens is 2. The van der Waals surface area contributed by atoms with Crippen molar-refractivity contribution in [1.82, 2.24) is 40.4 Å².